The van der Waals surface area contributed by atoms with Crippen LogP contribution in [-0.4, -0.2) is 21.7 Å². The number of amides is 1. The molecule has 5 nitrogen and oxygen atoms in total. The van der Waals surface area contributed by atoms with E-state index in [9.17, 15) is 4.79 Å². The van der Waals surface area contributed by atoms with Crippen molar-refractivity contribution in [2.24, 2.45) is 5.73 Å². The molecule has 104 valence electrons. The smallest absolute Gasteiger partial charge is 0.251 e. The van der Waals surface area contributed by atoms with Gasteiger partial charge in [0.2, 0.25) is 0 Å². The topological polar surface area (TPSA) is 72.9 Å². The van der Waals surface area contributed by atoms with Gasteiger partial charge in [-0.05, 0) is 30.5 Å². The molecule has 1 aromatic carbocycles. The van der Waals surface area contributed by atoms with Crippen molar-refractivity contribution in [3.8, 4) is 5.69 Å². The summed E-state index contributed by atoms with van der Waals surface area (Å²) in [5.41, 5.74) is 7.43. The molecular weight excluding hydrogens is 276 g/mol. The molecule has 1 saturated carbocycles. The van der Waals surface area contributed by atoms with Crippen molar-refractivity contribution < 1.29 is 4.79 Å². The lowest BCUT2D eigenvalue weighted by Crippen LogP contribution is -2.15. The van der Waals surface area contributed by atoms with Crippen LogP contribution in [0.5, 0.6) is 0 Å². The number of rotatable bonds is 5. The zero-order chi connectivity index (χ0) is 14.1. The van der Waals surface area contributed by atoms with Crippen molar-refractivity contribution in [2.45, 2.75) is 25.4 Å². The number of nitrogens with zero attached hydrogens (tertiary/aromatic N) is 2. The minimum absolute atomic E-state index is 0.362. The maximum atomic E-state index is 11.1. The number of hydrogen-bond donors (Lipinski definition) is 2. The number of nitrogens with two attached hydrogens (primary N) is 1. The number of halogens is 1. The molecule has 1 fully saturated rings. The second-order valence-electron chi connectivity index (χ2n) is 4.98. The molecule has 1 heterocycles. The first kappa shape index (κ1) is 13.1. The molecule has 0 saturated heterocycles. The fourth-order valence-electron chi connectivity index (χ4n) is 1.98. The number of nitrogens with one attached hydrogen (secondary N) is 1. The van der Waals surface area contributed by atoms with Gasteiger partial charge >= 0.3 is 0 Å². The van der Waals surface area contributed by atoms with Gasteiger partial charge in [-0.1, -0.05) is 17.7 Å². The second kappa shape index (κ2) is 5.26. The lowest BCUT2D eigenvalue weighted by molar-refractivity contribution is 0.100. The van der Waals surface area contributed by atoms with E-state index in [-0.39, 0.29) is 0 Å². The minimum Gasteiger partial charge on any atom is -0.366 e. The van der Waals surface area contributed by atoms with Crippen molar-refractivity contribution >= 4 is 17.5 Å². The van der Waals surface area contributed by atoms with Gasteiger partial charge in [0.1, 0.15) is 0 Å². The first-order valence-electron chi connectivity index (χ1n) is 6.50. The first-order chi connectivity index (χ1) is 9.63. The summed E-state index contributed by atoms with van der Waals surface area (Å²) >= 11 is 6.28. The Morgan fingerprint density at radius 3 is 2.90 bits per heavy atom. The molecule has 1 aliphatic rings. The largest absolute Gasteiger partial charge is 0.366 e. The fraction of sp³-hybridized carbons (Fsp3) is 0.286. The number of aromatic nitrogens is 2. The Hall–Kier alpha value is -1.85. The molecule has 3 N–H and O–H groups in total. The van der Waals surface area contributed by atoms with Gasteiger partial charge in [-0.15, -0.1) is 0 Å². The van der Waals surface area contributed by atoms with E-state index in [0.717, 1.165) is 17.8 Å². The van der Waals surface area contributed by atoms with Crippen molar-refractivity contribution in [2.75, 3.05) is 0 Å². The van der Waals surface area contributed by atoms with Gasteiger partial charge in [-0.2, -0.15) is 5.10 Å². The minimum atomic E-state index is -0.502. The Morgan fingerprint density at radius 1 is 1.50 bits per heavy atom. The normalized spacial score (nSPS) is 14.4. The van der Waals surface area contributed by atoms with Crippen molar-refractivity contribution in [1.29, 1.82) is 0 Å². The average Bonchev–Trinajstić information content (AvgIpc) is 3.11. The summed E-state index contributed by atoms with van der Waals surface area (Å²) in [6, 6.07) is 6.47. The highest BCUT2D eigenvalue weighted by atomic mass is 35.5. The number of primary amides is 1. The van der Waals surface area contributed by atoms with E-state index in [1.165, 1.54) is 19.0 Å². The summed E-state index contributed by atoms with van der Waals surface area (Å²) in [7, 11) is 0. The van der Waals surface area contributed by atoms with Gasteiger partial charge in [-0.3, -0.25) is 4.79 Å². The number of carbonyl (C=O) groups excluding carboxylic acids is 1. The summed E-state index contributed by atoms with van der Waals surface area (Å²) in [4.78, 5) is 11.1. The van der Waals surface area contributed by atoms with Crippen LogP contribution in [0.1, 0.15) is 28.8 Å². The van der Waals surface area contributed by atoms with Crippen LogP contribution in [0.4, 0.5) is 0 Å². The third-order valence-corrected chi connectivity index (χ3v) is 3.60. The number of benzene rings is 1. The summed E-state index contributed by atoms with van der Waals surface area (Å²) < 4.78 is 1.56. The number of hydrogen-bond acceptors (Lipinski definition) is 3. The van der Waals surface area contributed by atoms with E-state index in [2.05, 4.69) is 10.4 Å². The Kier molecular flexibility index (Phi) is 3.46. The Balaban J connectivity index is 1.79. The predicted octanol–water partition coefficient (Wildman–Crippen LogP) is 1.88. The quantitative estimate of drug-likeness (QED) is 0.883. The molecule has 0 aliphatic heterocycles. The van der Waals surface area contributed by atoms with Crippen LogP contribution in [-0.2, 0) is 6.54 Å². The first-order valence-corrected chi connectivity index (χ1v) is 6.88. The van der Waals surface area contributed by atoms with E-state index in [1.54, 1.807) is 10.9 Å². The van der Waals surface area contributed by atoms with Crippen LogP contribution < -0.4 is 11.1 Å². The van der Waals surface area contributed by atoms with E-state index in [0.29, 0.717) is 16.6 Å². The highest BCUT2D eigenvalue weighted by molar-refractivity contribution is 6.32. The standard InChI is InChI=1S/C14H15ClN4O/c15-12-5-9(6-17-11-2-3-11)1-4-13(12)19-8-10(7-18-19)14(16)20/h1,4-5,7-8,11,17H,2-3,6H2,(H2,16,20). The van der Waals surface area contributed by atoms with Gasteiger partial charge in [0.05, 0.1) is 22.5 Å². The second-order valence-corrected chi connectivity index (χ2v) is 5.39. The molecule has 2 aromatic rings. The van der Waals surface area contributed by atoms with Crippen LogP contribution in [0.3, 0.4) is 0 Å². The van der Waals surface area contributed by atoms with Crippen LogP contribution >= 0.6 is 11.6 Å². The summed E-state index contributed by atoms with van der Waals surface area (Å²) in [5, 5.41) is 8.13. The monoisotopic (exact) mass is 290 g/mol. The van der Waals surface area contributed by atoms with Crippen molar-refractivity contribution in [3.63, 3.8) is 0 Å². The third kappa shape index (κ3) is 2.84. The lowest BCUT2D eigenvalue weighted by atomic mass is 10.2. The van der Waals surface area contributed by atoms with Gasteiger partial charge in [0.15, 0.2) is 0 Å². The van der Waals surface area contributed by atoms with Crippen LogP contribution in [0.15, 0.2) is 30.6 Å². The van der Waals surface area contributed by atoms with E-state index in [4.69, 9.17) is 17.3 Å². The summed E-state index contributed by atoms with van der Waals surface area (Å²) in [6.45, 7) is 0.816. The fourth-order valence-corrected chi connectivity index (χ4v) is 2.27. The van der Waals surface area contributed by atoms with E-state index < -0.39 is 5.91 Å². The highest BCUT2D eigenvalue weighted by Gasteiger charge is 2.20. The molecule has 1 aromatic heterocycles. The molecule has 0 spiro atoms. The maximum Gasteiger partial charge on any atom is 0.251 e. The lowest BCUT2D eigenvalue weighted by Gasteiger charge is -2.08. The zero-order valence-electron chi connectivity index (χ0n) is 10.8. The van der Waals surface area contributed by atoms with Crippen molar-refractivity contribution in [1.82, 2.24) is 15.1 Å². The molecule has 1 amide bonds. The molecule has 3 rings (SSSR count). The van der Waals surface area contributed by atoms with E-state index in [1.807, 2.05) is 18.2 Å². The molecule has 0 atom stereocenters. The molecule has 6 heteroatoms. The molecular formula is C14H15ClN4O. The molecule has 0 bridgehead atoms. The van der Waals surface area contributed by atoms with Gasteiger partial charge in [0, 0.05) is 18.8 Å². The zero-order valence-corrected chi connectivity index (χ0v) is 11.6. The summed E-state index contributed by atoms with van der Waals surface area (Å²) in [5.74, 6) is -0.502. The molecule has 0 radical (unpaired) electrons. The summed E-state index contributed by atoms with van der Waals surface area (Å²) in [6.07, 6.45) is 5.52. The predicted molar refractivity (Wildman–Crippen MR) is 77.0 cm³/mol. The van der Waals surface area contributed by atoms with Gasteiger partial charge < -0.3 is 11.1 Å². The average molecular weight is 291 g/mol. The van der Waals surface area contributed by atoms with Crippen LogP contribution in [0.2, 0.25) is 5.02 Å². The maximum absolute atomic E-state index is 11.1. The Morgan fingerprint density at radius 2 is 2.30 bits per heavy atom. The molecule has 0 unspecified atom stereocenters. The SMILES string of the molecule is NC(=O)c1cnn(-c2ccc(CNC3CC3)cc2Cl)c1. The van der Waals surface area contributed by atoms with Gasteiger partial charge in [0.25, 0.3) is 5.91 Å². The third-order valence-electron chi connectivity index (χ3n) is 3.30. The Labute approximate surface area is 121 Å². The van der Waals surface area contributed by atoms with Crippen LogP contribution in [0.25, 0.3) is 5.69 Å². The van der Waals surface area contributed by atoms with Crippen LogP contribution in [0, 0.1) is 0 Å². The highest BCUT2D eigenvalue weighted by Crippen LogP contribution is 2.23. The Bertz CT molecular complexity index is 648. The molecule has 1 aliphatic carbocycles. The van der Waals surface area contributed by atoms with Gasteiger partial charge in [-0.25, -0.2) is 4.68 Å². The number of carbonyl (C=O) groups is 1. The van der Waals surface area contributed by atoms with E-state index >= 15 is 0 Å². The van der Waals surface area contributed by atoms with Crippen molar-refractivity contribution in [3.05, 3.63) is 46.7 Å². The molecule has 20 heavy (non-hydrogen) atoms.